The van der Waals surface area contributed by atoms with E-state index < -0.39 is 54.6 Å². The van der Waals surface area contributed by atoms with Crippen LogP contribution in [0.5, 0.6) is 0 Å². The molecule has 2 N–H and O–H groups in total. The number of nitrogens with one attached hydrogen (secondary N) is 2. The van der Waals surface area contributed by atoms with Crippen molar-refractivity contribution in [1.82, 2.24) is 10.6 Å². The quantitative estimate of drug-likeness (QED) is 0.0757. The zero-order valence-electron chi connectivity index (χ0n) is 39.0. The maximum absolute atomic E-state index is 11.5. The van der Waals surface area contributed by atoms with Crippen molar-refractivity contribution in [3.8, 4) is 0 Å². The fraction of sp³-hybridized carbons (Fsp3) is 0.426. The summed E-state index contributed by atoms with van der Waals surface area (Å²) in [5.41, 5.74) is 2.21. The van der Waals surface area contributed by atoms with Crippen LogP contribution in [0.15, 0.2) is 109 Å². The second-order valence-corrected chi connectivity index (χ2v) is 12.6. The van der Waals surface area contributed by atoms with E-state index in [1.807, 2.05) is 55.5 Å². The fourth-order valence-electron chi connectivity index (χ4n) is 4.07. The Balaban J connectivity index is 0. The van der Waals surface area contributed by atoms with Crippen molar-refractivity contribution in [2.75, 3.05) is 40.6 Å². The molecule has 0 heterocycles. The molecule has 0 radical (unpaired) electrons. The standard InChI is InChI=1S/C15H19NO4.C14H19NO2.2C9H14O5/c1-3-19-14(17)10-9-12(2)20-15(18)16-11-13-7-5-4-6-8-13;1-3-17-14(16)10-9-12(2)15-11-13-7-5-4-6-8-13;2*1-4-13-8(10)6-5-7(2)14-9(11)12-3/h4-10,12H,3,11H2,1-2H3,(H,16,18);4-10,12,15H,3,11H2,1-2H3;2*5-7H,4H2,1-3H3/b2*10-9+;2*6-5+/t2*12-;7-;/m100./s1. The number of hydrogen-bond acceptors (Lipinski definition) is 17. The zero-order chi connectivity index (χ0) is 49.3. The molecule has 0 bridgehead atoms. The number of methoxy groups -OCH3 is 2. The summed E-state index contributed by atoms with van der Waals surface area (Å²) >= 11 is 0. The molecule has 0 saturated heterocycles. The Kier molecular flexibility index (Phi) is 36.9. The second kappa shape index (κ2) is 39.9. The smallest absolute Gasteiger partial charge is 0.463 e. The molecule has 1 unspecified atom stereocenters. The zero-order valence-corrected chi connectivity index (χ0v) is 39.0. The Morgan fingerprint density at radius 2 is 0.800 bits per heavy atom. The largest absolute Gasteiger partial charge is 0.508 e. The maximum atomic E-state index is 11.5. The highest BCUT2D eigenvalue weighted by Gasteiger charge is 2.09. The first-order valence-corrected chi connectivity index (χ1v) is 20.7. The van der Waals surface area contributed by atoms with Crippen LogP contribution in [0.1, 0.15) is 66.5 Å². The summed E-state index contributed by atoms with van der Waals surface area (Å²) < 4.78 is 41.7. The molecule has 65 heavy (non-hydrogen) atoms. The van der Waals surface area contributed by atoms with Crippen molar-refractivity contribution in [1.29, 1.82) is 0 Å². The van der Waals surface area contributed by atoms with Gasteiger partial charge in [0.25, 0.3) is 0 Å². The first-order chi connectivity index (χ1) is 31.0. The van der Waals surface area contributed by atoms with Crippen LogP contribution >= 0.6 is 0 Å². The van der Waals surface area contributed by atoms with Gasteiger partial charge in [-0.1, -0.05) is 66.7 Å². The van der Waals surface area contributed by atoms with Crippen molar-refractivity contribution in [3.63, 3.8) is 0 Å². The Hall–Kier alpha value is -6.95. The lowest BCUT2D eigenvalue weighted by Gasteiger charge is -2.10. The molecule has 0 aliphatic heterocycles. The van der Waals surface area contributed by atoms with Crippen molar-refractivity contribution in [3.05, 3.63) is 120 Å². The normalized spacial score (nSPS) is 12.2. The molecule has 0 fully saturated rings. The average Bonchev–Trinajstić information content (AvgIpc) is 3.29. The fourth-order valence-corrected chi connectivity index (χ4v) is 4.07. The molecular weight excluding hydrogens is 849 g/mol. The minimum atomic E-state index is -0.786. The van der Waals surface area contributed by atoms with Crippen molar-refractivity contribution < 1.29 is 76.2 Å². The van der Waals surface area contributed by atoms with Crippen LogP contribution in [-0.4, -0.2) is 107 Å². The molecule has 360 valence electrons. The van der Waals surface area contributed by atoms with E-state index in [0.717, 1.165) is 12.1 Å². The van der Waals surface area contributed by atoms with E-state index >= 15 is 0 Å². The summed E-state index contributed by atoms with van der Waals surface area (Å²) in [4.78, 5) is 76.5. The summed E-state index contributed by atoms with van der Waals surface area (Å²) in [5.74, 6) is -1.67. The van der Waals surface area contributed by atoms with Gasteiger partial charge in [-0.2, -0.15) is 0 Å². The molecule has 4 atom stereocenters. The molecule has 2 aromatic rings. The molecule has 0 spiro atoms. The second-order valence-electron chi connectivity index (χ2n) is 12.6. The summed E-state index contributed by atoms with van der Waals surface area (Å²) in [7, 11) is 2.42. The van der Waals surface area contributed by atoms with Crippen molar-refractivity contribution >= 4 is 42.3 Å². The van der Waals surface area contributed by atoms with E-state index in [0.29, 0.717) is 33.0 Å². The van der Waals surface area contributed by atoms with Gasteiger partial charge < -0.3 is 53.3 Å². The van der Waals surface area contributed by atoms with Crippen LogP contribution in [0.4, 0.5) is 14.4 Å². The number of carbonyl (C=O) groups is 7. The highest BCUT2D eigenvalue weighted by molar-refractivity contribution is 5.83. The number of carbonyl (C=O) groups excluding carboxylic acids is 7. The highest BCUT2D eigenvalue weighted by Crippen LogP contribution is 2.01. The first-order valence-electron chi connectivity index (χ1n) is 20.7. The predicted molar refractivity (Wildman–Crippen MR) is 241 cm³/mol. The average molecular weight is 915 g/mol. The molecule has 2 rings (SSSR count). The Morgan fingerprint density at radius 3 is 1.14 bits per heavy atom. The number of benzene rings is 2. The topological polar surface area (TPSA) is 227 Å². The highest BCUT2D eigenvalue weighted by atomic mass is 16.7. The van der Waals surface area contributed by atoms with Crippen LogP contribution in [0, 0.1) is 0 Å². The Labute approximate surface area is 382 Å². The minimum Gasteiger partial charge on any atom is -0.463 e. The SMILES string of the molecule is CCOC(=O)/C=C/C(C)OC(=O)OC.CCOC(=O)/C=C/[C@@H](C)OC(=O)NCc1ccccc1.CCOC(=O)/C=C/[C@H](C)NCc1ccccc1.CCOC(=O)/C=C/[C@H](C)OC(=O)OC. The predicted octanol–water partition coefficient (Wildman–Crippen LogP) is 7.26. The van der Waals surface area contributed by atoms with E-state index in [1.165, 1.54) is 62.3 Å². The van der Waals surface area contributed by atoms with Gasteiger partial charge in [0.15, 0.2) is 0 Å². The Bertz CT molecular complexity index is 1720. The van der Waals surface area contributed by atoms with Crippen LogP contribution in [-0.2, 0) is 74.9 Å². The number of hydrogen-bond donors (Lipinski definition) is 2. The van der Waals surface area contributed by atoms with E-state index in [-0.39, 0.29) is 12.0 Å². The molecule has 0 aliphatic carbocycles. The van der Waals surface area contributed by atoms with E-state index in [4.69, 9.17) is 14.2 Å². The molecule has 2 aromatic carbocycles. The molecule has 18 heteroatoms. The third-order valence-corrected chi connectivity index (χ3v) is 7.12. The lowest BCUT2D eigenvalue weighted by atomic mass is 10.2. The number of esters is 4. The van der Waals surface area contributed by atoms with Crippen LogP contribution in [0.3, 0.4) is 0 Å². The van der Waals surface area contributed by atoms with Gasteiger partial charge in [0, 0.05) is 43.4 Å². The van der Waals surface area contributed by atoms with Crippen molar-refractivity contribution in [2.45, 2.75) is 92.8 Å². The number of ether oxygens (including phenoxy) is 9. The van der Waals surface area contributed by atoms with Gasteiger partial charge in [-0.15, -0.1) is 0 Å². The van der Waals surface area contributed by atoms with Gasteiger partial charge >= 0.3 is 42.3 Å². The molecule has 0 aromatic heterocycles. The number of alkyl carbamates (subject to hydrolysis) is 1. The number of amides is 1. The lowest BCUT2D eigenvalue weighted by Crippen LogP contribution is -2.26. The van der Waals surface area contributed by atoms with Gasteiger partial charge in [0.05, 0.1) is 40.6 Å². The third-order valence-electron chi connectivity index (χ3n) is 7.12. The van der Waals surface area contributed by atoms with Crippen LogP contribution in [0.25, 0.3) is 0 Å². The van der Waals surface area contributed by atoms with Gasteiger partial charge in [-0.3, -0.25) is 0 Å². The molecule has 1 amide bonds. The van der Waals surface area contributed by atoms with Crippen LogP contribution in [0.2, 0.25) is 0 Å². The minimum absolute atomic E-state index is 0.139. The van der Waals surface area contributed by atoms with E-state index in [2.05, 4.69) is 51.2 Å². The van der Waals surface area contributed by atoms with E-state index in [1.54, 1.807) is 54.5 Å². The van der Waals surface area contributed by atoms with E-state index in [9.17, 15) is 33.6 Å². The van der Waals surface area contributed by atoms with Gasteiger partial charge in [-0.25, -0.2) is 33.6 Å². The molecule has 0 aliphatic rings. The first kappa shape index (κ1) is 60.1. The van der Waals surface area contributed by atoms with Gasteiger partial charge in [-0.05, 0) is 84.7 Å². The summed E-state index contributed by atoms with van der Waals surface area (Å²) in [6.07, 6.45) is 7.57. The summed E-state index contributed by atoms with van der Waals surface area (Å²) in [5, 5.41) is 5.93. The van der Waals surface area contributed by atoms with Crippen LogP contribution < -0.4 is 10.6 Å². The molecule has 0 saturated carbocycles. The monoisotopic (exact) mass is 914 g/mol. The molecule has 18 nitrogen and oxygen atoms in total. The van der Waals surface area contributed by atoms with Gasteiger partial charge in [0.2, 0.25) is 0 Å². The summed E-state index contributed by atoms with van der Waals surface area (Å²) in [6, 6.07) is 19.8. The van der Waals surface area contributed by atoms with Crippen molar-refractivity contribution in [2.24, 2.45) is 0 Å². The molecular formula is C47H66N2O16. The lowest BCUT2D eigenvalue weighted by molar-refractivity contribution is -0.138. The summed E-state index contributed by atoms with van der Waals surface area (Å²) in [6.45, 7) is 16.3. The number of rotatable bonds is 20. The maximum Gasteiger partial charge on any atom is 0.508 e. The Morgan fingerprint density at radius 1 is 0.477 bits per heavy atom. The third kappa shape index (κ3) is 38.5. The van der Waals surface area contributed by atoms with Gasteiger partial charge in [0.1, 0.15) is 18.3 Å².